The molecule has 102 valence electrons. The van der Waals surface area contributed by atoms with E-state index in [1.54, 1.807) is 6.92 Å². The molecule has 5 heteroatoms. The normalized spacial score (nSPS) is 22.8. The third-order valence-corrected chi connectivity index (χ3v) is 5.19. The van der Waals surface area contributed by atoms with Crippen molar-refractivity contribution in [2.24, 2.45) is 5.92 Å². The summed E-state index contributed by atoms with van der Waals surface area (Å²) in [6.07, 6.45) is 3.32. The van der Waals surface area contributed by atoms with Gasteiger partial charge in [-0.25, -0.2) is 8.42 Å². The maximum absolute atomic E-state index is 11.3. The lowest BCUT2D eigenvalue weighted by molar-refractivity contribution is 0.206. The minimum atomic E-state index is -2.78. The van der Waals surface area contributed by atoms with Gasteiger partial charge in [-0.2, -0.15) is 0 Å². The molecule has 1 saturated heterocycles. The van der Waals surface area contributed by atoms with Gasteiger partial charge in [0.25, 0.3) is 0 Å². The second-order valence-electron chi connectivity index (χ2n) is 5.06. The van der Waals surface area contributed by atoms with E-state index < -0.39 is 9.84 Å². The van der Waals surface area contributed by atoms with Crippen LogP contribution >= 0.6 is 0 Å². The first kappa shape index (κ1) is 14.9. The predicted molar refractivity (Wildman–Crippen MR) is 72.0 cm³/mol. The van der Waals surface area contributed by atoms with E-state index in [4.69, 9.17) is 0 Å². The molecule has 1 fully saturated rings. The smallest absolute Gasteiger partial charge is 0.150 e. The van der Waals surface area contributed by atoms with Crippen molar-refractivity contribution in [1.82, 2.24) is 10.2 Å². The summed E-state index contributed by atoms with van der Waals surface area (Å²) in [6, 6.07) is 0. The Kier molecular flexibility index (Phi) is 6.44. The summed E-state index contributed by atoms with van der Waals surface area (Å²) in [5.41, 5.74) is 0. The Morgan fingerprint density at radius 1 is 1.41 bits per heavy atom. The molecule has 1 heterocycles. The highest BCUT2D eigenvalue weighted by molar-refractivity contribution is 7.91. The fraction of sp³-hybridized carbons (Fsp3) is 1.00. The fourth-order valence-electron chi connectivity index (χ4n) is 2.31. The summed E-state index contributed by atoms with van der Waals surface area (Å²) in [6.45, 7) is 5.93. The van der Waals surface area contributed by atoms with Crippen LogP contribution in [-0.4, -0.2) is 58.1 Å². The molecule has 0 amide bonds. The first-order valence-corrected chi connectivity index (χ1v) is 8.45. The van der Waals surface area contributed by atoms with Crippen LogP contribution in [0.15, 0.2) is 0 Å². The number of hydrogen-bond donors (Lipinski definition) is 1. The molecule has 0 radical (unpaired) electrons. The van der Waals surface area contributed by atoms with Crippen LogP contribution in [0, 0.1) is 5.92 Å². The molecule has 0 aromatic heterocycles. The van der Waals surface area contributed by atoms with Crippen molar-refractivity contribution < 1.29 is 8.42 Å². The molecule has 17 heavy (non-hydrogen) atoms. The summed E-state index contributed by atoms with van der Waals surface area (Å²) in [5.74, 6) is 1.32. The fourth-order valence-corrected chi connectivity index (χ4v) is 3.18. The summed E-state index contributed by atoms with van der Waals surface area (Å²) in [5, 5.41) is 3.38. The van der Waals surface area contributed by atoms with Crippen LogP contribution in [0.4, 0.5) is 0 Å². The van der Waals surface area contributed by atoms with E-state index in [1.165, 1.54) is 25.9 Å². The van der Waals surface area contributed by atoms with Crippen LogP contribution < -0.4 is 5.32 Å². The van der Waals surface area contributed by atoms with Crippen molar-refractivity contribution >= 4 is 9.84 Å². The molecule has 0 aromatic carbocycles. The Morgan fingerprint density at radius 3 is 2.82 bits per heavy atom. The Hall–Kier alpha value is -0.130. The van der Waals surface area contributed by atoms with Crippen molar-refractivity contribution in [3.05, 3.63) is 0 Å². The molecule has 1 aliphatic rings. The van der Waals surface area contributed by atoms with Gasteiger partial charge in [0.15, 0.2) is 0 Å². The maximum atomic E-state index is 11.3. The molecule has 0 saturated carbocycles. The van der Waals surface area contributed by atoms with Crippen LogP contribution in [0.5, 0.6) is 0 Å². The first-order valence-electron chi connectivity index (χ1n) is 6.63. The third-order valence-electron chi connectivity index (χ3n) is 3.40. The lowest BCUT2D eigenvalue weighted by Crippen LogP contribution is -2.37. The number of nitrogens with one attached hydrogen (secondary N) is 1. The monoisotopic (exact) mass is 262 g/mol. The van der Waals surface area contributed by atoms with E-state index in [0.717, 1.165) is 25.4 Å². The first-order chi connectivity index (χ1) is 8.03. The molecule has 1 rings (SSSR count). The number of piperidine rings is 1. The lowest BCUT2D eigenvalue weighted by atomic mass is 9.98. The minimum absolute atomic E-state index is 0.264. The van der Waals surface area contributed by atoms with Gasteiger partial charge in [-0.05, 0) is 51.9 Å². The van der Waals surface area contributed by atoms with Crippen LogP contribution in [0.3, 0.4) is 0 Å². The molecule has 4 nitrogen and oxygen atoms in total. The molecule has 1 N–H and O–H groups in total. The Balaban J connectivity index is 2.04. The molecule has 1 unspecified atom stereocenters. The summed E-state index contributed by atoms with van der Waals surface area (Å²) < 4.78 is 22.5. The zero-order chi connectivity index (χ0) is 12.7. The highest BCUT2D eigenvalue weighted by Crippen LogP contribution is 2.13. The molecule has 0 aliphatic carbocycles. The average Bonchev–Trinajstić information content (AvgIpc) is 2.29. The standard InChI is InChI=1S/C12H26N2O2S/c1-3-17(15,16)9-5-7-13-10-12-6-4-8-14(2)11-12/h12-13H,3-11H2,1-2H3. The van der Waals surface area contributed by atoms with E-state index in [9.17, 15) is 8.42 Å². The van der Waals surface area contributed by atoms with Gasteiger partial charge in [-0.1, -0.05) is 6.92 Å². The van der Waals surface area contributed by atoms with E-state index in [-0.39, 0.29) is 5.75 Å². The van der Waals surface area contributed by atoms with Crippen LogP contribution in [0.2, 0.25) is 0 Å². The molecule has 0 bridgehead atoms. The Bertz CT molecular complexity index is 304. The maximum Gasteiger partial charge on any atom is 0.150 e. The average molecular weight is 262 g/mol. The second kappa shape index (κ2) is 7.34. The van der Waals surface area contributed by atoms with E-state index >= 15 is 0 Å². The summed E-state index contributed by atoms with van der Waals surface area (Å²) in [7, 11) is -0.615. The van der Waals surface area contributed by atoms with Gasteiger partial charge in [0.05, 0.1) is 5.75 Å². The summed E-state index contributed by atoms with van der Waals surface area (Å²) in [4.78, 5) is 2.37. The zero-order valence-electron chi connectivity index (χ0n) is 11.1. The molecule has 1 atom stereocenters. The summed E-state index contributed by atoms with van der Waals surface area (Å²) >= 11 is 0. The van der Waals surface area contributed by atoms with Crippen molar-refractivity contribution in [2.45, 2.75) is 26.2 Å². The van der Waals surface area contributed by atoms with E-state index in [0.29, 0.717) is 5.75 Å². The van der Waals surface area contributed by atoms with Crippen molar-refractivity contribution in [3.8, 4) is 0 Å². The van der Waals surface area contributed by atoms with Gasteiger partial charge in [-0.3, -0.25) is 0 Å². The molecular formula is C12H26N2O2S. The Morgan fingerprint density at radius 2 is 2.18 bits per heavy atom. The van der Waals surface area contributed by atoms with Gasteiger partial charge in [0.1, 0.15) is 9.84 Å². The SMILES string of the molecule is CCS(=O)(=O)CCCNCC1CCCN(C)C1. The second-order valence-corrected chi connectivity index (χ2v) is 7.54. The van der Waals surface area contributed by atoms with Gasteiger partial charge < -0.3 is 10.2 Å². The minimum Gasteiger partial charge on any atom is -0.316 e. The Labute approximate surface area is 106 Å². The number of rotatable bonds is 7. The van der Waals surface area contributed by atoms with Crippen molar-refractivity contribution in [1.29, 1.82) is 0 Å². The highest BCUT2D eigenvalue weighted by Gasteiger charge is 2.16. The molecule has 0 aromatic rings. The van der Waals surface area contributed by atoms with Crippen molar-refractivity contribution in [3.63, 3.8) is 0 Å². The topological polar surface area (TPSA) is 49.4 Å². The predicted octanol–water partition coefficient (Wildman–Crippen LogP) is 0.743. The van der Waals surface area contributed by atoms with Gasteiger partial charge in [0.2, 0.25) is 0 Å². The van der Waals surface area contributed by atoms with Gasteiger partial charge in [0, 0.05) is 12.3 Å². The van der Waals surface area contributed by atoms with E-state index in [1.807, 2.05) is 0 Å². The van der Waals surface area contributed by atoms with E-state index in [2.05, 4.69) is 17.3 Å². The quantitative estimate of drug-likeness (QED) is 0.688. The van der Waals surface area contributed by atoms with Crippen LogP contribution in [0.1, 0.15) is 26.2 Å². The number of hydrogen-bond acceptors (Lipinski definition) is 4. The largest absolute Gasteiger partial charge is 0.316 e. The van der Waals surface area contributed by atoms with Crippen LogP contribution in [0.25, 0.3) is 0 Å². The van der Waals surface area contributed by atoms with Crippen molar-refractivity contribution in [2.75, 3.05) is 44.7 Å². The lowest BCUT2D eigenvalue weighted by Gasteiger charge is -2.29. The van der Waals surface area contributed by atoms with Gasteiger partial charge >= 0.3 is 0 Å². The highest BCUT2D eigenvalue weighted by atomic mass is 32.2. The molecular weight excluding hydrogens is 236 g/mol. The zero-order valence-corrected chi connectivity index (χ0v) is 11.9. The van der Waals surface area contributed by atoms with Crippen LogP contribution in [-0.2, 0) is 9.84 Å². The number of likely N-dealkylation sites (tertiary alicyclic amines) is 1. The number of sulfone groups is 1. The number of nitrogens with zero attached hydrogens (tertiary/aromatic N) is 1. The molecule has 1 aliphatic heterocycles. The van der Waals surface area contributed by atoms with Gasteiger partial charge in [-0.15, -0.1) is 0 Å². The molecule has 0 spiro atoms. The third kappa shape index (κ3) is 6.38.